The summed E-state index contributed by atoms with van der Waals surface area (Å²) in [7, 11) is 1.29. The number of anilines is 1. The molecule has 0 saturated heterocycles. The Morgan fingerprint density at radius 1 is 0.885 bits per heavy atom. The maximum Gasteiger partial charge on any atom is 1.00 e. The average molecular weight is 847 g/mol. The van der Waals surface area contributed by atoms with Gasteiger partial charge < -0.3 is 28.7 Å². The zero-order chi connectivity index (χ0) is 43.2. The molecule has 3 aliphatic rings. The first-order valence-electron chi connectivity index (χ1n) is 21.6. The molecule has 61 heavy (non-hydrogen) atoms. The van der Waals surface area contributed by atoms with E-state index in [1.807, 2.05) is 18.2 Å². The van der Waals surface area contributed by atoms with Crippen molar-refractivity contribution >= 4 is 52.9 Å². The summed E-state index contributed by atoms with van der Waals surface area (Å²) in [5.74, 6) is -0.141. The van der Waals surface area contributed by atoms with E-state index in [9.17, 15) is 9.90 Å². The molecule has 0 bridgehead atoms. The molecule has 4 aromatic rings. The smallest absolute Gasteiger partial charge is 0.545 e. The van der Waals surface area contributed by atoms with E-state index in [-0.39, 0.29) is 51.0 Å². The first-order chi connectivity index (χ1) is 28.4. The normalized spacial score (nSPS) is 18.6. The summed E-state index contributed by atoms with van der Waals surface area (Å²) in [5.41, 5.74) is 9.52. The minimum absolute atomic E-state index is 0. The van der Waals surface area contributed by atoms with Crippen molar-refractivity contribution in [1.82, 2.24) is 0 Å². The van der Waals surface area contributed by atoms with Gasteiger partial charge >= 0.3 is 29.6 Å². The number of allylic oxidation sites excluding steroid dienone is 7. The second kappa shape index (κ2) is 18.1. The standard InChI is InChI=1S/C52H64N2O5Si.Na/c1-50(2,3)60(10,11)59-48-36(23-28-44-51(4,5)46-40-17-13-12-16-35(40)21-26-42(46)53(44)30-14-32-57-8)18-19-37(48)24-29-45-52(6,7)47-41-25-20-39(49(55)56)34-38(41)22-27-43(47)54(45)31-15-33-58-9;/h13,16-17,20-29,34H,14-15,18-19,30-33H2,1-11H3,(H,55,56);/q;+1/p-1. The fraction of sp³-hybridized carbons (Fsp3) is 0.423. The van der Waals surface area contributed by atoms with Gasteiger partial charge in [-0.05, 0) is 115 Å². The van der Waals surface area contributed by atoms with E-state index >= 15 is 0 Å². The molecule has 4 aromatic carbocycles. The van der Waals surface area contributed by atoms with E-state index < -0.39 is 14.3 Å². The van der Waals surface area contributed by atoms with Gasteiger partial charge in [0.2, 0.25) is 5.69 Å². The molecular weight excluding hydrogens is 784 g/mol. The van der Waals surface area contributed by atoms with E-state index in [0.717, 1.165) is 61.0 Å². The minimum Gasteiger partial charge on any atom is -0.545 e. The molecule has 0 unspecified atom stereocenters. The first kappa shape index (κ1) is 46.7. The number of carboxylic acid groups (broad SMARTS) is 1. The van der Waals surface area contributed by atoms with Crippen molar-refractivity contribution in [3.63, 3.8) is 0 Å². The summed E-state index contributed by atoms with van der Waals surface area (Å²) in [6.45, 7) is 23.9. The first-order valence-corrected chi connectivity index (χ1v) is 24.5. The molecule has 316 valence electrons. The number of aromatic carboxylic acids is 1. The number of carboxylic acids is 1. The summed E-state index contributed by atoms with van der Waals surface area (Å²) < 4.78 is 20.9. The molecule has 0 fully saturated rings. The molecule has 0 saturated carbocycles. The van der Waals surface area contributed by atoms with Crippen LogP contribution in [0.25, 0.3) is 21.5 Å². The molecule has 0 N–H and O–H groups in total. The van der Waals surface area contributed by atoms with E-state index in [1.54, 1.807) is 26.4 Å². The molecule has 0 radical (unpaired) electrons. The van der Waals surface area contributed by atoms with Crippen molar-refractivity contribution in [2.75, 3.05) is 45.4 Å². The molecule has 7 rings (SSSR count). The quantitative estimate of drug-likeness (QED) is 0.0558. The summed E-state index contributed by atoms with van der Waals surface area (Å²) in [4.78, 5) is 14.2. The number of carbonyl (C=O) groups excluding carboxylic acids is 1. The van der Waals surface area contributed by atoms with Crippen molar-refractivity contribution < 1.29 is 57.9 Å². The van der Waals surface area contributed by atoms with Crippen molar-refractivity contribution in [2.24, 2.45) is 0 Å². The van der Waals surface area contributed by atoms with E-state index in [2.05, 4.69) is 132 Å². The number of fused-ring (bicyclic) bond motifs is 6. The van der Waals surface area contributed by atoms with E-state index in [4.69, 9.17) is 13.9 Å². The van der Waals surface area contributed by atoms with Crippen LogP contribution >= 0.6 is 0 Å². The second-order valence-corrected chi connectivity index (χ2v) is 23.9. The molecule has 0 spiro atoms. The van der Waals surface area contributed by atoms with Crippen LogP contribution in [-0.4, -0.2) is 65.1 Å². The van der Waals surface area contributed by atoms with Gasteiger partial charge in [-0.3, -0.25) is 0 Å². The summed E-state index contributed by atoms with van der Waals surface area (Å²) in [6, 6.07) is 23.6. The maximum absolute atomic E-state index is 11.8. The third-order valence-corrected chi connectivity index (χ3v) is 17.9. The minimum atomic E-state index is -2.24. The zero-order valence-electron chi connectivity index (χ0n) is 38.7. The SMILES string of the molecule is COCCCN1/C(=C/C=C2\CCC(/C=C/C3=[N+](CCCOC)c4ccc5c[c-]ccc5c4C3(C)C)=C2O[Si](C)(C)C(C)(C)C)C(C)(C)c2c1ccc1cc(C(=O)[O-])ccc21.[Na+]. The molecule has 7 nitrogen and oxygen atoms in total. The van der Waals surface area contributed by atoms with Gasteiger partial charge in [-0.2, -0.15) is 28.8 Å². The van der Waals surface area contributed by atoms with Gasteiger partial charge in [0.05, 0.1) is 18.0 Å². The number of methoxy groups -OCH3 is 2. The Bertz CT molecular complexity index is 2500. The van der Waals surface area contributed by atoms with Gasteiger partial charge in [-0.25, -0.2) is 0 Å². The van der Waals surface area contributed by atoms with Crippen LogP contribution in [0.3, 0.4) is 0 Å². The molecule has 0 aromatic heterocycles. The predicted molar refractivity (Wildman–Crippen MR) is 247 cm³/mol. The van der Waals surface area contributed by atoms with Crippen LogP contribution in [-0.2, 0) is 24.7 Å². The summed E-state index contributed by atoms with van der Waals surface area (Å²) in [6.07, 6.45) is 12.9. The number of ether oxygens (including phenoxy) is 2. The van der Waals surface area contributed by atoms with Crippen LogP contribution in [0, 0.1) is 6.07 Å². The third-order valence-electron chi connectivity index (χ3n) is 13.5. The van der Waals surface area contributed by atoms with E-state index in [0.29, 0.717) is 13.2 Å². The fourth-order valence-electron chi connectivity index (χ4n) is 9.33. The van der Waals surface area contributed by atoms with Crippen molar-refractivity contribution in [3.8, 4) is 0 Å². The van der Waals surface area contributed by atoms with E-state index in [1.165, 1.54) is 50.1 Å². The van der Waals surface area contributed by atoms with Gasteiger partial charge in [-0.15, -0.1) is 16.8 Å². The monoisotopic (exact) mass is 846 g/mol. The fourth-order valence-corrected chi connectivity index (χ4v) is 10.4. The molecule has 0 atom stereocenters. The number of hydrogen-bond donors (Lipinski definition) is 0. The Morgan fingerprint density at radius 3 is 2.30 bits per heavy atom. The Morgan fingerprint density at radius 2 is 1.59 bits per heavy atom. The summed E-state index contributed by atoms with van der Waals surface area (Å²) >= 11 is 0. The number of carbonyl (C=O) groups is 1. The van der Waals surface area contributed by atoms with Gasteiger partial charge in [0.1, 0.15) is 5.76 Å². The summed E-state index contributed by atoms with van der Waals surface area (Å²) in [5, 5.41) is 16.2. The van der Waals surface area contributed by atoms with Crippen molar-refractivity contribution in [3.05, 3.63) is 130 Å². The van der Waals surface area contributed by atoms with Crippen LogP contribution in [0.2, 0.25) is 18.1 Å². The number of benzene rings is 4. The van der Waals surface area contributed by atoms with Crippen LogP contribution < -0.4 is 39.6 Å². The van der Waals surface area contributed by atoms with Crippen molar-refractivity contribution in [1.29, 1.82) is 0 Å². The third kappa shape index (κ3) is 8.78. The molecule has 0 amide bonds. The molecule has 1 aliphatic carbocycles. The largest absolute Gasteiger partial charge is 1.00 e. The van der Waals surface area contributed by atoms with Gasteiger partial charge in [0.25, 0.3) is 8.32 Å². The Kier molecular flexibility index (Phi) is 13.9. The number of rotatable bonds is 14. The Balaban J connectivity index is 0.00000622. The molecular formula is C52H63N2NaO5Si. The van der Waals surface area contributed by atoms with Crippen LogP contribution in [0.1, 0.15) is 95.6 Å². The molecule has 2 aliphatic heterocycles. The van der Waals surface area contributed by atoms with Crippen LogP contribution in [0.15, 0.2) is 108 Å². The predicted octanol–water partition coefficient (Wildman–Crippen LogP) is 7.84. The molecule has 9 heteroatoms. The second-order valence-electron chi connectivity index (χ2n) is 19.2. The van der Waals surface area contributed by atoms with Gasteiger partial charge in [-0.1, -0.05) is 58.9 Å². The number of hydrogen-bond acceptors (Lipinski definition) is 6. The number of nitrogens with zero attached hydrogens (tertiary/aromatic N) is 2. The van der Waals surface area contributed by atoms with Crippen molar-refractivity contribution in [2.45, 2.75) is 103 Å². The van der Waals surface area contributed by atoms with Gasteiger partial charge in [0, 0.05) is 62.2 Å². The maximum atomic E-state index is 11.8. The van der Waals surface area contributed by atoms with Crippen LogP contribution in [0.5, 0.6) is 0 Å². The van der Waals surface area contributed by atoms with Gasteiger partial charge in [0.15, 0.2) is 12.3 Å². The Labute approximate surface area is 387 Å². The topological polar surface area (TPSA) is 74.1 Å². The molecule has 2 heterocycles. The zero-order valence-corrected chi connectivity index (χ0v) is 41.7. The Hall–Kier alpha value is -3.76. The average Bonchev–Trinajstić information content (AvgIpc) is 3.75. The van der Waals surface area contributed by atoms with Crippen LogP contribution in [0.4, 0.5) is 11.4 Å².